The first-order chi connectivity index (χ1) is 18.2. The summed E-state index contributed by atoms with van der Waals surface area (Å²) in [5.41, 5.74) is -1.30. The van der Waals surface area contributed by atoms with E-state index in [1.807, 2.05) is 6.07 Å². The number of carboxylic acid groups (broad SMARTS) is 1. The highest BCUT2D eigenvalue weighted by Gasteiger charge is 2.37. The zero-order valence-corrected chi connectivity index (χ0v) is 21.2. The van der Waals surface area contributed by atoms with Crippen LogP contribution in [0, 0.1) is 10.1 Å². The van der Waals surface area contributed by atoms with Gasteiger partial charge in [-0.15, -0.1) is 11.3 Å². The highest BCUT2D eigenvalue weighted by atomic mass is 35.5. The summed E-state index contributed by atoms with van der Waals surface area (Å²) in [4.78, 5) is 43.4. The summed E-state index contributed by atoms with van der Waals surface area (Å²) in [7, 11) is 0. The minimum absolute atomic E-state index is 0.0622. The first-order valence-electron chi connectivity index (χ1n) is 11.7. The molecular formula is C26H19ClN4O6S. The van der Waals surface area contributed by atoms with Crippen molar-refractivity contribution in [2.45, 2.75) is 18.4 Å². The van der Waals surface area contributed by atoms with Crippen LogP contribution in [0.25, 0.3) is 26.1 Å². The van der Waals surface area contributed by atoms with Crippen molar-refractivity contribution in [1.82, 2.24) is 9.38 Å². The molecule has 1 fully saturated rings. The van der Waals surface area contributed by atoms with Gasteiger partial charge in [0.2, 0.25) is 11.2 Å². The Labute approximate surface area is 223 Å². The van der Waals surface area contributed by atoms with Gasteiger partial charge in [0.1, 0.15) is 10.4 Å². The number of aromatic carboxylic acids is 1. The molecule has 10 nitrogen and oxygen atoms in total. The van der Waals surface area contributed by atoms with E-state index in [-0.39, 0.29) is 34.8 Å². The molecule has 1 aliphatic rings. The molecule has 0 bridgehead atoms. The Balaban J connectivity index is 1.53. The van der Waals surface area contributed by atoms with E-state index in [1.54, 1.807) is 51.8 Å². The molecule has 12 heteroatoms. The van der Waals surface area contributed by atoms with Crippen LogP contribution in [0.1, 0.15) is 28.8 Å². The summed E-state index contributed by atoms with van der Waals surface area (Å²) >= 11 is 7.13. The molecule has 5 aromatic rings. The number of benzene rings is 2. The second-order valence-corrected chi connectivity index (χ2v) is 10.7. The number of para-hydroxylation sites is 1. The van der Waals surface area contributed by atoms with Crippen molar-refractivity contribution in [3.8, 4) is 0 Å². The van der Waals surface area contributed by atoms with E-state index in [2.05, 4.69) is 4.98 Å². The third kappa shape index (κ3) is 3.70. The highest BCUT2D eigenvalue weighted by molar-refractivity contribution is 7.24. The fraction of sp³-hybridized carbons (Fsp3) is 0.192. The van der Waals surface area contributed by atoms with Crippen LogP contribution in [0.15, 0.2) is 59.4 Å². The summed E-state index contributed by atoms with van der Waals surface area (Å²) in [5, 5.41) is 33.6. The number of carbonyl (C=O) groups is 1. The van der Waals surface area contributed by atoms with Crippen molar-refractivity contribution in [2.75, 3.05) is 18.0 Å². The quantitative estimate of drug-likeness (QED) is 0.240. The van der Waals surface area contributed by atoms with Crippen molar-refractivity contribution in [3.05, 3.63) is 91.1 Å². The summed E-state index contributed by atoms with van der Waals surface area (Å²) < 4.78 is 2.33. The minimum atomic E-state index is -1.41. The second-order valence-electron chi connectivity index (χ2n) is 9.20. The van der Waals surface area contributed by atoms with Crippen molar-refractivity contribution in [1.29, 1.82) is 0 Å². The molecule has 1 saturated heterocycles. The summed E-state index contributed by atoms with van der Waals surface area (Å²) in [6.45, 7) is 0.544. The molecule has 3 aromatic heterocycles. The Morgan fingerprint density at radius 1 is 1.13 bits per heavy atom. The topological polar surface area (TPSA) is 138 Å². The lowest BCUT2D eigenvalue weighted by molar-refractivity contribution is -0.384. The van der Waals surface area contributed by atoms with Gasteiger partial charge < -0.3 is 15.1 Å². The van der Waals surface area contributed by atoms with Gasteiger partial charge in [0, 0.05) is 24.2 Å². The highest BCUT2D eigenvalue weighted by Crippen LogP contribution is 2.39. The van der Waals surface area contributed by atoms with Crippen LogP contribution in [0.2, 0.25) is 5.02 Å². The van der Waals surface area contributed by atoms with Gasteiger partial charge in [0.15, 0.2) is 5.65 Å². The van der Waals surface area contributed by atoms with Crippen LogP contribution in [0.3, 0.4) is 0 Å². The van der Waals surface area contributed by atoms with Gasteiger partial charge in [0.05, 0.1) is 26.1 Å². The van der Waals surface area contributed by atoms with Gasteiger partial charge in [-0.25, -0.2) is 9.78 Å². The van der Waals surface area contributed by atoms with Gasteiger partial charge in [-0.1, -0.05) is 35.9 Å². The van der Waals surface area contributed by atoms with Crippen LogP contribution in [-0.2, 0) is 5.60 Å². The van der Waals surface area contributed by atoms with E-state index >= 15 is 0 Å². The molecule has 1 aliphatic heterocycles. The van der Waals surface area contributed by atoms with Gasteiger partial charge in [-0.3, -0.25) is 19.3 Å². The first-order valence-corrected chi connectivity index (χ1v) is 12.9. The first kappa shape index (κ1) is 24.3. The van der Waals surface area contributed by atoms with Gasteiger partial charge in [0.25, 0.3) is 0 Å². The number of rotatable bonds is 4. The van der Waals surface area contributed by atoms with Crippen LogP contribution in [0.5, 0.6) is 0 Å². The van der Waals surface area contributed by atoms with E-state index in [0.717, 1.165) is 22.1 Å². The zero-order valence-electron chi connectivity index (χ0n) is 19.6. The molecule has 0 atom stereocenters. The number of carboxylic acids is 1. The smallest absolute Gasteiger partial charge is 0.342 e. The molecule has 4 heterocycles. The Morgan fingerprint density at radius 2 is 1.82 bits per heavy atom. The maximum absolute atomic E-state index is 13.3. The van der Waals surface area contributed by atoms with Crippen LogP contribution >= 0.6 is 22.9 Å². The SMILES string of the molecule is O=C(O)c1c(=O)c2cc([N+](=O)[O-])c(N3CCC(O)(c4ccc(Cl)cc4)CC3)nc2n2c1sc1ccccc12. The van der Waals surface area contributed by atoms with Crippen molar-refractivity contribution < 1.29 is 19.9 Å². The molecule has 0 radical (unpaired) electrons. The van der Waals surface area contributed by atoms with Crippen LogP contribution < -0.4 is 10.3 Å². The summed E-state index contributed by atoms with van der Waals surface area (Å²) in [6, 6.07) is 15.2. The van der Waals surface area contributed by atoms with E-state index in [0.29, 0.717) is 28.9 Å². The van der Waals surface area contributed by atoms with Crippen molar-refractivity contribution >= 4 is 66.5 Å². The number of thiazole rings is 1. The van der Waals surface area contributed by atoms with Crippen molar-refractivity contribution in [2.24, 2.45) is 0 Å². The average molecular weight is 551 g/mol. The number of halogens is 1. The van der Waals surface area contributed by atoms with Gasteiger partial charge >= 0.3 is 11.7 Å². The van der Waals surface area contributed by atoms with Crippen molar-refractivity contribution in [3.63, 3.8) is 0 Å². The van der Waals surface area contributed by atoms with E-state index in [9.17, 15) is 29.9 Å². The maximum Gasteiger partial charge on any atom is 0.342 e. The lowest BCUT2D eigenvalue weighted by Gasteiger charge is -2.38. The number of pyridine rings is 2. The van der Waals surface area contributed by atoms with E-state index < -0.39 is 33.2 Å². The Hall–Kier alpha value is -4.06. The molecule has 192 valence electrons. The summed E-state index contributed by atoms with van der Waals surface area (Å²) in [6.07, 6.45) is 0.584. The predicted octanol–water partition coefficient (Wildman–Crippen LogP) is 4.81. The molecule has 2 aromatic carbocycles. The number of anilines is 1. The second kappa shape index (κ2) is 8.76. The lowest BCUT2D eigenvalue weighted by Crippen LogP contribution is -2.43. The monoisotopic (exact) mass is 550 g/mol. The standard InChI is InChI=1S/C26H19ClN4O6S/c27-15-7-5-14(6-8-15)26(35)9-11-29(12-10-26)23-18(31(36)37)13-16-21(32)20(25(33)34)24-30(22(16)28-23)17-3-1-2-4-19(17)38-24/h1-8,13,35H,9-12H2,(H,33,34). The Morgan fingerprint density at radius 3 is 2.47 bits per heavy atom. The maximum atomic E-state index is 13.3. The molecule has 0 saturated carbocycles. The molecule has 6 rings (SSSR count). The average Bonchev–Trinajstić information content (AvgIpc) is 3.27. The number of hydrogen-bond donors (Lipinski definition) is 2. The minimum Gasteiger partial charge on any atom is -0.477 e. The number of nitrogens with zero attached hydrogens (tertiary/aromatic N) is 4. The van der Waals surface area contributed by atoms with Crippen LogP contribution in [0.4, 0.5) is 11.5 Å². The number of fused-ring (bicyclic) bond motifs is 5. The molecular weight excluding hydrogens is 532 g/mol. The normalized spacial score (nSPS) is 15.4. The van der Waals surface area contributed by atoms with Crippen LogP contribution in [-0.4, -0.2) is 43.6 Å². The molecule has 38 heavy (non-hydrogen) atoms. The third-order valence-electron chi connectivity index (χ3n) is 7.06. The summed E-state index contributed by atoms with van der Waals surface area (Å²) in [5.74, 6) is -1.35. The number of hydrogen-bond acceptors (Lipinski definition) is 8. The number of aromatic nitrogens is 2. The number of piperidine rings is 1. The van der Waals surface area contributed by atoms with E-state index in [4.69, 9.17) is 11.6 Å². The molecule has 2 N–H and O–H groups in total. The molecule has 0 aliphatic carbocycles. The third-order valence-corrected chi connectivity index (χ3v) is 8.46. The Bertz CT molecular complexity index is 1840. The fourth-order valence-corrected chi connectivity index (χ4v) is 6.41. The fourth-order valence-electron chi connectivity index (χ4n) is 5.11. The molecule has 0 amide bonds. The lowest BCUT2D eigenvalue weighted by atomic mass is 9.84. The van der Waals surface area contributed by atoms with Gasteiger partial charge in [-0.05, 0) is 42.7 Å². The number of aliphatic hydroxyl groups is 1. The molecule has 0 spiro atoms. The molecule has 0 unspecified atom stereocenters. The zero-order chi connectivity index (χ0) is 26.8. The largest absolute Gasteiger partial charge is 0.477 e. The number of nitro groups is 1. The van der Waals surface area contributed by atoms with Gasteiger partial charge in [-0.2, -0.15) is 0 Å². The Kier molecular flexibility index (Phi) is 5.60. The van der Waals surface area contributed by atoms with E-state index in [1.165, 1.54) is 0 Å². The predicted molar refractivity (Wildman–Crippen MR) is 145 cm³/mol.